The molecule has 0 aromatic carbocycles. The molecule has 0 aromatic rings. The second kappa shape index (κ2) is 3.57. The number of hydrogen-bond donors (Lipinski definition) is 2. The molecule has 1 atom stereocenters. The Morgan fingerprint density at radius 3 is 2.50 bits per heavy atom. The van der Waals surface area contributed by atoms with E-state index in [9.17, 15) is 0 Å². The molecule has 0 aromatic heterocycles. The Hall–Kier alpha value is -0.410. The number of thiocarbonyl (C=S) groups is 1. The first-order chi connectivity index (χ1) is 3.68. The molecule has 0 saturated carbocycles. The Bertz CT molecular complexity index is 101. The van der Waals surface area contributed by atoms with Crippen LogP contribution in [0.3, 0.4) is 0 Å². The SMILES string of the molecule is C=CCC(N)C(N)=S. The number of hydrogen-bond acceptors (Lipinski definition) is 2. The summed E-state index contributed by atoms with van der Waals surface area (Å²) in [6.45, 7) is 3.49. The van der Waals surface area contributed by atoms with Crippen molar-refractivity contribution in [2.75, 3.05) is 0 Å². The second-order valence-electron chi connectivity index (χ2n) is 1.53. The average Bonchev–Trinajstić information content (AvgIpc) is 1.67. The molecule has 0 amide bonds. The Balaban J connectivity index is 3.46. The lowest BCUT2D eigenvalue weighted by atomic mass is 10.2. The van der Waals surface area contributed by atoms with Crippen LogP contribution in [0.1, 0.15) is 6.42 Å². The van der Waals surface area contributed by atoms with E-state index >= 15 is 0 Å². The molecule has 0 radical (unpaired) electrons. The van der Waals surface area contributed by atoms with Crippen LogP contribution in [0.25, 0.3) is 0 Å². The molecule has 0 heterocycles. The Morgan fingerprint density at radius 2 is 2.38 bits per heavy atom. The first kappa shape index (κ1) is 7.59. The van der Waals surface area contributed by atoms with Gasteiger partial charge in [0.25, 0.3) is 0 Å². The van der Waals surface area contributed by atoms with E-state index in [1.807, 2.05) is 0 Å². The van der Waals surface area contributed by atoms with Gasteiger partial charge in [0.05, 0.1) is 11.0 Å². The van der Waals surface area contributed by atoms with Crippen molar-refractivity contribution in [2.24, 2.45) is 11.5 Å². The molecule has 1 unspecified atom stereocenters. The van der Waals surface area contributed by atoms with Gasteiger partial charge in [-0.05, 0) is 6.42 Å². The monoisotopic (exact) mass is 130 g/mol. The van der Waals surface area contributed by atoms with Crippen LogP contribution in [0.15, 0.2) is 12.7 Å². The van der Waals surface area contributed by atoms with E-state index in [0.29, 0.717) is 11.4 Å². The van der Waals surface area contributed by atoms with E-state index in [4.69, 9.17) is 11.5 Å². The molecule has 2 nitrogen and oxygen atoms in total. The third-order valence-electron chi connectivity index (χ3n) is 0.786. The highest BCUT2D eigenvalue weighted by atomic mass is 32.1. The molecule has 0 aliphatic rings. The quantitative estimate of drug-likeness (QED) is 0.423. The van der Waals surface area contributed by atoms with E-state index in [1.165, 1.54) is 0 Å². The van der Waals surface area contributed by atoms with Gasteiger partial charge in [0.2, 0.25) is 0 Å². The molecular formula is C5H10N2S. The average molecular weight is 130 g/mol. The fourth-order valence-electron chi connectivity index (χ4n) is 0.296. The van der Waals surface area contributed by atoms with Crippen LogP contribution < -0.4 is 11.5 Å². The van der Waals surface area contributed by atoms with Gasteiger partial charge in [-0.1, -0.05) is 18.3 Å². The van der Waals surface area contributed by atoms with Crippen molar-refractivity contribution < 1.29 is 0 Å². The first-order valence-corrected chi connectivity index (χ1v) is 2.75. The molecule has 0 spiro atoms. The highest BCUT2D eigenvalue weighted by molar-refractivity contribution is 7.80. The molecule has 0 aliphatic carbocycles. The van der Waals surface area contributed by atoms with Crippen molar-refractivity contribution in [2.45, 2.75) is 12.5 Å². The van der Waals surface area contributed by atoms with Gasteiger partial charge in [-0.2, -0.15) is 0 Å². The Morgan fingerprint density at radius 1 is 1.88 bits per heavy atom. The maximum Gasteiger partial charge on any atom is 0.0900 e. The van der Waals surface area contributed by atoms with Crippen LogP contribution in [0.2, 0.25) is 0 Å². The summed E-state index contributed by atoms with van der Waals surface area (Å²) in [5, 5.41) is 0. The fraction of sp³-hybridized carbons (Fsp3) is 0.400. The number of rotatable bonds is 3. The zero-order chi connectivity index (χ0) is 6.57. The topological polar surface area (TPSA) is 52.0 Å². The van der Waals surface area contributed by atoms with Gasteiger partial charge in [0.15, 0.2) is 0 Å². The van der Waals surface area contributed by atoms with Crippen molar-refractivity contribution in [3.63, 3.8) is 0 Å². The smallest absolute Gasteiger partial charge is 0.0900 e. The van der Waals surface area contributed by atoms with E-state index in [1.54, 1.807) is 6.08 Å². The molecule has 0 fully saturated rings. The van der Waals surface area contributed by atoms with Gasteiger partial charge in [-0.25, -0.2) is 0 Å². The zero-order valence-electron chi connectivity index (χ0n) is 4.63. The van der Waals surface area contributed by atoms with Crippen LogP contribution in [0, 0.1) is 0 Å². The predicted octanol–water partition coefficient (Wildman–Crippen LogP) is 0.176. The van der Waals surface area contributed by atoms with E-state index in [-0.39, 0.29) is 6.04 Å². The fourth-order valence-corrected chi connectivity index (χ4v) is 0.392. The highest BCUT2D eigenvalue weighted by Gasteiger charge is 1.99. The molecule has 0 aliphatic heterocycles. The lowest BCUT2D eigenvalue weighted by Crippen LogP contribution is -2.34. The van der Waals surface area contributed by atoms with Crippen molar-refractivity contribution in [3.8, 4) is 0 Å². The standard InChI is InChI=1S/C5H10N2S/c1-2-3-4(6)5(7)8/h2,4H,1,3,6H2,(H2,7,8). The minimum absolute atomic E-state index is 0.192. The largest absolute Gasteiger partial charge is 0.392 e. The third kappa shape index (κ3) is 2.71. The van der Waals surface area contributed by atoms with Crippen molar-refractivity contribution >= 4 is 17.2 Å². The van der Waals surface area contributed by atoms with E-state index < -0.39 is 0 Å². The summed E-state index contributed by atoms with van der Waals surface area (Å²) in [4.78, 5) is 0.352. The maximum absolute atomic E-state index is 5.39. The molecule has 3 heteroatoms. The molecule has 0 saturated heterocycles. The lowest BCUT2D eigenvalue weighted by Gasteiger charge is -2.03. The normalized spacial score (nSPS) is 12.6. The zero-order valence-corrected chi connectivity index (χ0v) is 5.45. The molecule has 8 heavy (non-hydrogen) atoms. The highest BCUT2D eigenvalue weighted by Crippen LogP contribution is 1.86. The Kier molecular flexibility index (Phi) is 3.39. The summed E-state index contributed by atoms with van der Waals surface area (Å²) in [7, 11) is 0. The van der Waals surface area contributed by atoms with Gasteiger partial charge in [0, 0.05) is 0 Å². The van der Waals surface area contributed by atoms with E-state index in [2.05, 4.69) is 18.8 Å². The summed E-state index contributed by atoms with van der Waals surface area (Å²) in [6.07, 6.45) is 2.36. The maximum atomic E-state index is 5.39. The number of nitrogens with two attached hydrogens (primary N) is 2. The van der Waals surface area contributed by atoms with Crippen LogP contribution in [0.4, 0.5) is 0 Å². The van der Waals surface area contributed by atoms with Crippen molar-refractivity contribution in [1.29, 1.82) is 0 Å². The van der Waals surface area contributed by atoms with Gasteiger partial charge in [-0.3, -0.25) is 0 Å². The summed E-state index contributed by atoms with van der Waals surface area (Å²) >= 11 is 4.59. The van der Waals surface area contributed by atoms with Gasteiger partial charge in [0.1, 0.15) is 0 Å². The van der Waals surface area contributed by atoms with E-state index in [0.717, 1.165) is 0 Å². The van der Waals surface area contributed by atoms with Crippen LogP contribution in [-0.2, 0) is 0 Å². The van der Waals surface area contributed by atoms with Crippen LogP contribution in [-0.4, -0.2) is 11.0 Å². The van der Waals surface area contributed by atoms with Gasteiger partial charge in [-0.15, -0.1) is 6.58 Å². The van der Waals surface area contributed by atoms with Gasteiger partial charge >= 0.3 is 0 Å². The molecule has 46 valence electrons. The molecule has 4 N–H and O–H groups in total. The third-order valence-corrected chi connectivity index (χ3v) is 1.09. The van der Waals surface area contributed by atoms with Crippen LogP contribution in [0.5, 0.6) is 0 Å². The minimum atomic E-state index is -0.192. The molecule has 0 rings (SSSR count). The summed E-state index contributed by atoms with van der Waals surface area (Å²) in [5.74, 6) is 0. The minimum Gasteiger partial charge on any atom is -0.392 e. The van der Waals surface area contributed by atoms with Crippen LogP contribution >= 0.6 is 12.2 Å². The first-order valence-electron chi connectivity index (χ1n) is 2.34. The lowest BCUT2D eigenvalue weighted by molar-refractivity contribution is 0.882. The van der Waals surface area contributed by atoms with Crippen molar-refractivity contribution in [1.82, 2.24) is 0 Å². The summed E-state index contributed by atoms with van der Waals surface area (Å²) < 4.78 is 0. The predicted molar refractivity (Wildman–Crippen MR) is 39.6 cm³/mol. The molecular weight excluding hydrogens is 120 g/mol. The second-order valence-corrected chi connectivity index (χ2v) is 2.00. The van der Waals surface area contributed by atoms with Crippen molar-refractivity contribution in [3.05, 3.63) is 12.7 Å². The summed E-state index contributed by atoms with van der Waals surface area (Å²) in [6, 6.07) is -0.192. The van der Waals surface area contributed by atoms with Gasteiger partial charge < -0.3 is 11.5 Å². The summed E-state index contributed by atoms with van der Waals surface area (Å²) in [5.41, 5.74) is 10.6. The Labute approximate surface area is 54.5 Å². The molecule has 0 bridgehead atoms.